The molecule has 3 nitrogen and oxygen atoms in total. The van der Waals surface area contributed by atoms with Crippen LogP contribution in [0.25, 0.3) is 0 Å². The lowest BCUT2D eigenvalue weighted by Crippen LogP contribution is -2.39. The summed E-state index contributed by atoms with van der Waals surface area (Å²) in [5.41, 5.74) is 0. The van der Waals surface area contributed by atoms with Crippen molar-refractivity contribution < 1.29 is 13.6 Å². The van der Waals surface area contributed by atoms with E-state index in [9.17, 15) is 0 Å². The Morgan fingerprint density at radius 2 is 0.771 bits per heavy atom. The van der Waals surface area contributed by atoms with Crippen molar-refractivity contribution in [2.45, 2.75) is 138 Å². The van der Waals surface area contributed by atoms with Gasteiger partial charge in [0.25, 0.3) is 0 Å². The molecule has 0 radical (unpaired) electrons. The van der Waals surface area contributed by atoms with Gasteiger partial charge in [0.2, 0.25) is 0 Å². The van der Waals surface area contributed by atoms with Crippen molar-refractivity contribution in [3.05, 3.63) is 0 Å². The van der Waals surface area contributed by atoms with E-state index in [1.807, 2.05) is 0 Å². The highest BCUT2D eigenvalue weighted by Gasteiger charge is 2.43. The van der Waals surface area contributed by atoms with Crippen molar-refractivity contribution in [2.24, 2.45) is 53.3 Å². The van der Waals surface area contributed by atoms with E-state index in [0.29, 0.717) is 53.3 Å². The molecular formula is C30H57O3PS. The molecule has 35 heavy (non-hydrogen) atoms. The van der Waals surface area contributed by atoms with Gasteiger partial charge in [-0.15, -0.1) is 0 Å². The SMILES string of the molecule is CC1CCC(C(C)C)C(OP(=S)(OC2CC(C)CCC2C(C)C)OC2CC(C)CCC2C(C)C)C1. The minimum Gasteiger partial charge on any atom is -0.305 e. The van der Waals surface area contributed by atoms with Crippen LogP contribution in [0.5, 0.6) is 0 Å². The molecule has 5 heteroatoms. The van der Waals surface area contributed by atoms with E-state index < -0.39 is 6.72 Å². The van der Waals surface area contributed by atoms with Gasteiger partial charge in [-0.3, -0.25) is 0 Å². The second-order valence-electron chi connectivity index (χ2n) is 13.9. The van der Waals surface area contributed by atoms with Crippen LogP contribution < -0.4 is 0 Å². The molecule has 3 saturated carbocycles. The van der Waals surface area contributed by atoms with Gasteiger partial charge in [0.05, 0.1) is 18.3 Å². The molecule has 3 aliphatic rings. The molecule has 3 aliphatic carbocycles. The lowest BCUT2D eigenvalue weighted by Gasteiger charge is -2.45. The van der Waals surface area contributed by atoms with E-state index >= 15 is 0 Å². The van der Waals surface area contributed by atoms with Crippen LogP contribution in [0.15, 0.2) is 0 Å². The summed E-state index contributed by atoms with van der Waals surface area (Å²) >= 11 is 6.42. The predicted molar refractivity (Wildman–Crippen MR) is 153 cm³/mol. The molecule has 0 amide bonds. The molecule has 3 fully saturated rings. The first-order chi connectivity index (χ1) is 16.4. The van der Waals surface area contributed by atoms with Crippen LogP contribution in [-0.4, -0.2) is 18.3 Å². The maximum Gasteiger partial charge on any atom is 0.328 e. The Kier molecular flexibility index (Phi) is 11.2. The van der Waals surface area contributed by atoms with Gasteiger partial charge in [-0.1, -0.05) is 81.6 Å². The molecule has 206 valence electrons. The van der Waals surface area contributed by atoms with E-state index in [4.69, 9.17) is 25.4 Å². The Hall–Kier alpha value is 0.530. The minimum atomic E-state index is -2.90. The fraction of sp³-hybridized carbons (Fsp3) is 1.00. The van der Waals surface area contributed by atoms with Gasteiger partial charge < -0.3 is 13.6 Å². The third kappa shape index (κ3) is 8.26. The summed E-state index contributed by atoms with van der Waals surface area (Å²) in [6.45, 7) is 18.3. The van der Waals surface area contributed by atoms with E-state index in [-0.39, 0.29) is 18.3 Å². The second kappa shape index (κ2) is 13.1. The minimum absolute atomic E-state index is 0.154. The van der Waals surface area contributed by atoms with Crippen LogP contribution in [0, 0.1) is 53.3 Å². The monoisotopic (exact) mass is 528 g/mol. The lowest BCUT2D eigenvalue weighted by molar-refractivity contribution is -0.0395. The third-order valence-electron chi connectivity index (χ3n) is 9.68. The zero-order valence-electron chi connectivity index (χ0n) is 24.4. The van der Waals surface area contributed by atoms with Crippen LogP contribution >= 0.6 is 6.72 Å². The van der Waals surface area contributed by atoms with Crippen molar-refractivity contribution >= 4 is 18.5 Å². The Morgan fingerprint density at radius 3 is 1.00 bits per heavy atom. The Bertz CT molecular complexity index is 605. The molecule has 0 aromatic rings. The van der Waals surface area contributed by atoms with Gasteiger partial charge in [-0.2, -0.15) is 0 Å². The Morgan fingerprint density at radius 1 is 0.514 bits per heavy atom. The molecule has 0 aromatic carbocycles. The van der Waals surface area contributed by atoms with Gasteiger partial charge in [0, 0.05) is 0 Å². The fourth-order valence-electron chi connectivity index (χ4n) is 7.28. The van der Waals surface area contributed by atoms with Crippen molar-refractivity contribution in [3.63, 3.8) is 0 Å². The summed E-state index contributed by atoms with van der Waals surface area (Å²) in [6.07, 6.45) is 11.3. The molecule has 0 aromatic heterocycles. The molecule has 0 spiro atoms. The van der Waals surface area contributed by atoms with Crippen molar-refractivity contribution in [2.75, 3.05) is 0 Å². The normalized spacial score (nSPS) is 40.9. The summed E-state index contributed by atoms with van der Waals surface area (Å²) in [5.74, 6) is 5.42. The molecule has 0 saturated heterocycles. The number of hydrogen-bond acceptors (Lipinski definition) is 4. The average molecular weight is 529 g/mol. The molecule has 0 N–H and O–H groups in total. The molecule has 0 bridgehead atoms. The quantitative estimate of drug-likeness (QED) is 0.278. The van der Waals surface area contributed by atoms with Gasteiger partial charge in [0.1, 0.15) is 0 Å². The first-order valence-corrected chi connectivity index (χ1v) is 17.6. The van der Waals surface area contributed by atoms with Crippen LogP contribution in [-0.2, 0) is 25.4 Å². The van der Waals surface area contributed by atoms with Crippen molar-refractivity contribution in [1.82, 2.24) is 0 Å². The van der Waals surface area contributed by atoms with Crippen LogP contribution in [0.1, 0.15) is 120 Å². The highest BCUT2D eigenvalue weighted by Crippen LogP contribution is 2.60. The van der Waals surface area contributed by atoms with E-state index in [0.717, 1.165) is 19.3 Å². The van der Waals surface area contributed by atoms with Crippen LogP contribution in [0.2, 0.25) is 0 Å². The predicted octanol–water partition coefficient (Wildman–Crippen LogP) is 9.64. The molecular weight excluding hydrogens is 471 g/mol. The number of rotatable bonds is 9. The van der Waals surface area contributed by atoms with Gasteiger partial charge in [-0.25, -0.2) is 0 Å². The van der Waals surface area contributed by atoms with Crippen molar-refractivity contribution in [1.29, 1.82) is 0 Å². The first-order valence-electron chi connectivity index (χ1n) is 15.0. The van der Waals surface area contributed by atoms with Crippen LogP contribution in [0.3, 0.4) is 0 Å². The highest BCUT2D eigenvalue weighted by molar-refractivity contribution is 8.07. The number of hydrogen-bond donors (Lipinski definition) is 0. The zero-order chi connectivity index (χ0) is 25.9. The molecule has 9 unspecified atom stereocenters. The largest absolute Gasteiger partial charge is 0.328 e. The summed E-state index contributed by atoms with van der Waals surface area (Å²) in [6, 6.07) is 0. The summed E-state index contributed by atoms with van der Waals surface area (Å²) in [7, 11) is 0. The average Bonchev–Trinajstić information content (AvgIpc) is 2.72. The molecule has 0 heterocycles. The lowest BCUT2D eigenvalue weighted by atomic mass is 9.75. The first kappa shape index (κ1) is 30.1. The third-order valence-corrected chi connectivity index (χ3v) is 12.0. The zero-order valence-corrected chi connectivity index (χ0v) is 26.1. The second-order valence-corrected chi connectivity index (χ2v) is 16.7. The topological polar surface area (TPSA) is 27.7 Å². The summed E-state index contributed by atoms with van der Waals surface area (Å²) in [5, 5.41) is 0. The maximum atomic E-state index is 7.04. The van der Waals surface area contributed by atoms with E-state index in [1.54, 1.807) is 0 Å². The fourth-order valence-corrected chi connectivity index (χ4v) is 10.1. The summed E-state index contributed by atoms with van der Waals surface area (Å²) in [4.78, 5) is 0. The standard InChI is InChI=1S/C30H57O3PS/c1-19(2)25-13-10-22(7)16-28(25)31-34(35,32-29-17-23(8)11-14-26(29)20(3)4)33-30-18-24(9)12-15-27(30)21(5)6/h19-30H,10-18H2,1-9H3. The van der Waals surface area contributed by atoms with Gasteiger partial charge >= 0.3 is 6.72 Å². The molecule has 3 rings (SSSR count). The Balaban J connectivity index is 1.89. The van der Waals surface area contributed by atoms with Crippen molar-refractivity contribution in [3.8, 4) is 0 Å². The maximum absolute atomic E-state index is 7.04. The molecule has 9 atom stereocenters. The summed E-state index contributed by atoms with van der Waals surface area (Å²) < 4.78 is 21.1. The Labute approximate surface area is 223 Å². The highest BCUT2D eigenvalue weighted by atomic mass is 32.5. The molecule has 0 aliphatic heterocycles. The van der Waals surface area contributed by atoms with E-state index in [2.05, 4.69) is 62.3 Å². The van der Waals surface area contributed by atoms with Gasteiger partial charge in [-0.05, 0) is 104 Å². The van der Waals surface area contributed by atoms with E-state index in [1.165, 1.54) is 38.5 Å². The smallest absolute Gasteiger partial charge is 0.305 e. The van der Waals surface area contributed by atoms with Crippen LogP contribution in [0.4, 0.5) is 0 Å². The van der Waals surface area contributed by atoms with Gasteiger partial charge in [0.15, 0.2) is 0 Å².